The van der Waals surface area contributed by atoms with Crippen molar-refractivity contribution < 1.29 is 0 Å². The van der Waals surface area contributed by atoms with E-state index in [4.69, 9.17) is 0 Å². The second kappa shape index (κ2) is 7.64. The fourth-order valence-electron chi connectivity index (χ4n) is 4.03. The SMILES string of the molecule is CCC1CCCC(N2CCCCC2CNC(C)C)C1. The van der Waals surface area contributed by atoms with Gasteiger partial charge in [-0.15, -0.1) is 0 Å². The molecule has 0 spiro atoms. The van der Waals surface area contributed by atoms with E-state index in [1.807, 2.05) is 0 Å². The fourth-order valence-corrected chi connectivity index (χ4v) is 4.03. The van der Waals surface area contributed by atoms with Crippen molar-refractivity contribution in [2.75, 3.05) is 13.1 Å². The van der Waals surface area contributed by atoms with Crippen LogP contribution in [0.5, 0.6) is 0 Å². The van der Waals surface area contributed by atoms with Crippen molar-refractivity contribution >= 4 is 0 Å². The molecule has 1 heterocycles. The third kappa shape index (κ3) is 4.46. The Labute approximate surface area is 120 Å². The minimum absolute atomic E-state index is 0.624. The molecule has 0 radical (unpaired) electrons. The molecule has 2 heteroatoms. The second-order valence-corrected chi connectivity index (χ2v) is 7.05. The molecule has 112 valence electrons. The summed E-state index contributed by atoms with van der Waals surface area (Å²) < 4.78 is 0. The van der Waals surface area contributed by atoms with Gasteiger partial charge in [0.05, 0.1) is 0 Å². The molecular weight excluding hydrogens is 232 g/mol. The maximum atomic E-state index is 3.67. The Kier molecular flexibility index (Phi) is 6.15. The maximum Gasteiger partial charge on any atom is 0.0223 e. The lowest BCUT2D eigenvalue weighted by molar-refractivity contribution is 0.0566. The van der Waals surface area contributed by atoms with E-state index in [0.717, 1.165) is 18.0 Å². The molecule has 0 amide bonds. The Hall–Kier alpha value is -0.0800. The smallest absolute Gasteiger partial charge is 0.0223 e. The Morgan fingerprint density at radius 1 is 1.11 bits per heavy atom. The van der Waals surface area contributed by atoms with Crippen LogP contribution in [0.25, 0.3) is 0 Å². The molecule has 3 atom stereocenters. The van der Waals surface area contributed by atoms with Crippen molar-refractivity contribution in [1.82, 2.24) is 10.2 Å². The first-order valence-corrected chi connectivity index (χ1v) is 8.69. The number of nitrogens with one attached hydrogen (secondary N) is 1. The first-order chi connectivity index (χ1) is 9.20. The van der Waals surface area contributed by atoms with Crippen molar-refractivity contribution in [2.24, 2.45) is 5.92 Å². The van der Waals surface area contributed by atoms with E-state index in [-0.39, 0.29) is 0 Å². The van der Waals surface area contributed by atoms with Crippen LogP contribution >= 0.6 is 0 Å². The van der Waals surface area contributed by atoms with Gasteiger partial charge in [-0.3, -0.25) is 4.90 Å². The summed E-state index contributed by atoms with van der Waals surface area (Å²) in [6, 6.07) is 2.31. The summed E-state index contributed by atoms with van der Waals surface area (Å²) in [4.78, 5) is 2.88. The van der Waals surface area contributed by atoms with E-state index in [1.54, 1.807) is 0 Å². The molecule has 0 aromatic carbocycles. The number of hydrogen-bond donors (Lipinski definition) is 1. The number of rotatable bonds is 5. The lowest BCUT2D eigenvalue weighted by Gasteiger charge is -2.44. The molecule has 2 nitrogen and oxygen atoms in total. The Balaban J connectivity index is 1.90. The maximum absolute atomic E-state index is 3.67. The predicted molar refractivity (Wildman–Crippen MR) is 83.5 cm³/mol. The molecule has 1 N–H and O–H groups in total. The highest BCUT2D eigenvalue weighted by Crippen LogP contribution is 2.32. The van der Waals surface area contributed by atoms with Crippen LogP contribution in [0.3, 0.4) is 0 Å². The quantitative estimate of drug-likeness (QED) is 0.814. The van der Waals surface area contributed by atoms with Crippen LogP contribution in [0, 0.1) is 5.92 Å². The zero-order chi connectivity index (χ0) is 13.7. The molecule has 0 aromatic rings. The topological polar surface area (TPSA) is 15.3 Å². The number of nitrogens with zero attached hydrogens (tertiary/aromatic N) is 1. The van der Waals surface area contributed by atoms with Crippen LogP contribution in [0.2, 0.25) is 0 Å². The van der Waals surface area contributed by atoms with Gasteiger partial charge in [-0.1, -0.05) is 46.5 Å². The molecule has 1 aliphatic heterocycles. The molecule has 2 fully saturated rings. The number of piperidine rings is 1. The summed E-state index contributed by atoms with van der Waals surface area (Å²) in [6.07, 6.45) is 11.5. The zero-order valence-corrected chi connectivity index (χ0v) is 13.3. The highest BCUT2D eigenvalue weighted by Gasteiger charge is 2.31. The van der Waals surface area contributed by atoms with Gasteiger partial charge >= 0.3 is 0 Å². The van der Waals surface area contributed by atoms with Crippen molar-refractivity contribution in [3.63, 3.8) is 0 Å². The lowest BCUT2D eigenvalue weighted by atomic mass is 9.82. The summed E-state index contributed by atoms with van der Waals surface area (Å²) in [5.74, 6) is 0.999. The summed E-state index contributed by atoms with van der Waals surface area (Å²) in [7, 11) is 0. The van der Waals surface area contributed by atoms with E-state index in [2.05, 4.69) is 31.0 Å². The third-order valence-corrected chi connectivity index (χ3v) is 5.24. The van der Waals surface area contributed by atoms with Gasteiger partial charge in [-0.05, 0) is 38.1 Å². The second-order valence-electron chi connectivity index (χ2n) is 7.05. The van der Waals surface area contributed by atoms with Gasteiger partial charge in [0.15, 0.2) is 0 Å². The summed E-state index contributed by atoms with van der Waals surface area (Å²) in [5, 5.41) is 3.67. The van der Waals surface area contributed by atoms with Crippen molar-refractivity contribution in [1.29, 1.82) is 0 Å². The first-order valence-electron chi connectivity index (χ1n) is 8.69. The van der Waals surface area contributed by atoms with Gasteiger partial charge in [0.25, 0.3) is 0 Å². The minimum atomic E-state index is 0.624. The van der Waals surface area contributed by atoms with Gasteiger partial charge in [-0.25, -0.2) is 0 Å². The summed E-state index contributed by atoms with van der Waals surface area (Å²) >= 11 is 0. The van der Waals surface area contributed by atoms with E-state index in [9.17, 15) is 0 Å². The predicted octanol–water partition coefficient (Wildman–Crippen LogP) is 3.81. The molecule has 3 unspecified atom stereocenters. The Morgan fingerprint density at radius 2 is 1.95 bits per heavy atom. The summed E-state index contributed by atoms with van der Waals surface area (Å²) in [6.45, 7) is 9.46. The van der Waals surface area contributed by atoms with E-state index in [0.29, 0.717) is 6.04 Å². The normalized spacial score (nSPS) is 33.8. The Morgan fingerprint density at radius 3 is 2.68 bits per heavy atom. The molecule has 0 aromatic heterocycles. The fraction of sp³-hybridized carbons (Fsp3) is 1.00. The van der Waals surface area contributed by atoms with Crippen LogP contribution in [0.15, 0.2) is 0 Å². The largest absolute Gasteiger partial charge is 0.313 e. The van der Waals surface area contributed by atoms with Crippen LogP contribution in [0.4, 0.5) is 0 Å². The van der Waals surface area contributed by atoms with Gasteiger partial charge in [0.1, 0.15) is 0 Å². The average molecular weight is 266 g/mol. The van der Waals surface area contributed by atoms with Gasteiger partial charge in [-0.2, -0.15) is 0 Å². The van der Waals surface area contributed by atoms with Gasteiger partial charge < -0.3 is 5.32 Å². The molecule has 2 aliphatic rings. The lowest BCUT2D eigenvalue weighted by Crippen LogP contribution is -2.52. The van der Waals surface area contributed by atoms with E-state index >= 15 is 0 Å². The summed E-state index contributed by atoms with van der Waals surface area (Å²) in [5.41, 5.74) is 0. The Bertz CT molecular complexity index is 252. The van der Waals surface area contributed by atoms with Crippen molar-refractivity contribution in [3.8, 4) is 0 Å². The van der Waals surface area contributed by atoms with Crippen LogP contribution in [-0.4, -0.2) is 36.1 Å². The number of likely N-dealkylation sites (tertiary alicyclic amines) is 1. The van der Waals surface area contributed by atoms with E-state index < -0.39 is 0 Å². The number of hydrogen-bond acceptors (Lipinski definition) is 2. The third-order valence-electron chi connectivity index (χ3n) is 5.24. The monoisotopic (exact) mass is 266 g/mol. The highest BCUT2D eigenvalue weighted by molar-refractivity contribution is 4.87. The average Bonchev–Trinajstić information content (AvgIpc) is 2.45. The molecule has 1 aliphatic carbocycles. The van der Waals surface area contributed by atoms with Crippen LogP contribution < -0.4 is 5.32 Å². The van der Waals surface area contributed by atoms with E-state index in [1.165, 1.54) is 64.5 Å². The minimum Gasteiger partial charge on any atom is -0.313 e. The first kappa shape index (κ1) is 15.3. The zero-order valence-electron chi connectivity index (χ0n) is 13.3. The van der Waals surface area contributed by atoms with Crippen molar-refractivity contribution in [2.45, 2.75) is 90.3 Å². The molecule has 2 rings (SSSR count). The van der Waals surface area contributed by atoms with Gasteiger partial charge in [0, 0.05) is 24.7 Å². The molecule has 0 bridgehead atoms. The van der Waals surface area contributed by atoms with Gasteiger partial charge in [0.2, 0.25) is 0 Å². The van der Waals surface area contributed by atoms with Crippen molar-refractivity contribution in [3.05, 3.63) is 0 Å². The highest BCUT2D eigenvalue weighted by atomic mass is 15.2. The van der Waals surface area contributed by atoms with Crippen LogP contribution in [0.1, 0.15) is 72.1 Å². The molecule has 1 saturated heterocycles. The molecule has 19 heavy (non-hydrogen) atoms. The molecule has 1 saturated carbocycles. The standard InChI is InChI=1S/C17H34N2/c1-4-15-8-7-10-16(12-15)19-11-6-5-9-17(19)13-18-14(2)3/h14-18H,4-13H2,1-3H3. The van der Waals surface area contributed by atoms with Crippen LogP contribution in [-0.2, 0) is 0 Å². The molecular formula is C17H34N2.